The van der Waals surface area contributed by atoms with E-state index in [0.717, 1.165) is 0 Å². The van der Waals surface area contributed by atoms with Crippen molar-refractivity contribution in [2.75, 3.05) is 12.5 Å². The maximum atomic E-state index is 11.3. The fourth-order valence-corrected chi connectivity index (χ4v) is 1.57. The van der Waals surface area contributed by atoms with E-state index in [1.54, 1.807) is 0 Å². The average molecular weight is 230 g/mol. The van der Waals surface area contributed by atoms with Gasteiger partial charge in [-0.3, -0.25) is 0 Å². The zero-order chi connectivity index (χ0) is 10.8. The number of nitriles is 1. The van der Waals surface area contributed by atoms with Crippen molar-refractivity contribution in [3.8, 4) is 6.07 Å². The fraction of sp³-hybridized carbons (Fsp3) is 0.250. The highest BCUT2D eigenvalue weighted by atomic mass is 35.5. The second-order valence-electron chi connectivity index (χ2n) is 2.92. The molecule has 0 saturated carbocycles. The van der Waals surface area contributed by atoms with Crippen LogP contribution in [0.3, 0.4) is 0 Å². The third-order valence-electron chi connectivity index (χ3n) is 1.27. The molecule has 14 heavy (non-hydrogen) atoms. The van der Waals surface area contributed by atoms with Gasteiger partial charge in [-0.25, -0.2) is 9.19 Å². The van der Waals surface area contributed by atoms with Crippen LogP contribution >= 0.6 is 11.6 Å². The molecular formula is C8H8ClN3OS. The second kappa shape index (κ2) is 3.95. The summed E-state index contributed by atoms with van der Waals surface area (Å²) in [7, 11) is -2.23. The van der Waals surface area contributed by atoms with Crippen LogP contribution < -0.4 is 0 Å². The smallest absolute Gasteiger partial charge is 0.146 e. The van der Waals surface area contributed by atoms with Crippen LogP contribution in [0.25, 0.3) is 0 Å². The molecule has 4 nitrogen and oxygen atoms in total. The first kappa shape index (κ1) is 11.0. The molecule has 0 fully saturated rings. The Bertz CT molecular complexity index is 504. The molecule has 74 valence electrons. The summed E-state index contributed by atoms with van der Waals surface area (Å²) >= 11 is 5.62. The number of aromatic nitrogens is 1. The zero-order valence-electron chi connectivity index (χ0n) is 7.69. The largest absolute Gasteiger partial charge is 0.250 e. The second-order valence-corrected chi connectivity index (χ2v) is 5.82. The van der Waals surface area contributed by atoms with Crippen LogP contribution in [0.2, 0.25) is 5.15 Å². The predicted molar refractivity (Wildman–Crippen MR) is 56.0 cm³/mol. The summed E-state index contributed by atoms with van der Waals surface area (Å²) in [5, 5.41) is 8.78. The van der Waals surface area contributed by atoms with Gasteiger partial charge in [-0.2, -0.15) is 9.62 Å². The van der Waals surface area contributed by atoms with Crippen LogP contribution in [0.5, 0.6) is 0 Å². The highest BCUT2D eigenvalue weighted by Crippen LogP contribution is 2.19. The minimum Gasteiger partial charge on any atom is -0.250 e. The van der Waals surface area contributed by atoms with Gasteiger partial charge in [0.15, 0.2) is 0 Å². The first-order valence-corrected chi connectivity index (χ1v) is 6.36. The lowest BCUT2D eigenvalue weighted by atomic mass is 10.3. The molecule has 1 aromatic rings. The van der Waals surface area contributed by atoms with Gasteiger partial charge < -0.3 is 0 Å². The van der Waals surface area contributed by atoms with Crippen molar-refractivity contribution in [2.45, 2.75) is 0 Å². The van der Waals surface area contributed by atoms with Crippen LogP contribution in [-0.4, -0.2) is 21.7 Å². The summed E-state index contributed by atoms with van der Waals surface area (Å²) in [6.45, 7) is 0. The van der Waals surface area contributed by atoms with Gasteiger partial charge in [-0.05, 0) is 6.07 Å². The van der Waals surface area contributed by atoms with Gasteiger partial charge in [0.1, 0.15) is 11.2 Å². The molecule has 0 aromatic carbocycles. The topological polar surface area (TPSA) is 66.1 Å². The highest BCUT2D eigenvalue weighted by Gasteiger charge is 2.02. The number of hydrogen-bond donors (Lipinski definition) is 0. The molecule has 0 aliphatic carbocycles. The Labute approximate surface area is 87.7 Å². The number of hydrogen-bond acceptors (Lipinski definition) is 4. The molecule has 0 saturated heterocycles. The summed E-state index contributed by atoms with van der Waals surface area (Å²) in [6, 6.07) is 3.33. The summed E-state index contributed by atoms with van der Waals surface area (Å²) in [5.74, 6) is 0. The third kappa shape index (κ3) is 2.98. The van der Waals surface area contributed by atoms with E-state index in [-0.39, 0.29) is 10.7 Å². The molecule has 6 heteroatoms. The minimum absolute atomic E-state index is 0.130. The van der Waals surface area contributed by atoms with E-state index >= 15 is 0 Å². The molecular weight excluding hydrogens is 222 g/mol. The number of nitrogens with zero attached hydrogens (tertiary/aromatic N) is 3. The maximum Gasteiger partial charge on any atom is 0.146 e. The lowest BCUT2D eigenvalue weighted by Crippen LogP contribution is -1.90. The first-order valence-electron chi connectivity index (χ1n) is 3.65. The zero-order valence-corrected chi connectivity index (χ0v) is 9.26. The molecule has 0 radical (unpaired) electrons. The molecule has 1 heterocycles. The summed E-state index contributed by atoms with van der Waals surface area (Å²) < 4.78 is 15.2. The van der Waals surface area contributed by atoms with Gasteiger partial charge in [0, 0.05) is 22.2 Å². The molecule has 0 atom stereocenters. The normalized spacial score (nSPS) is 10.7. The standard InChI is InChI=1S/C8H8ClN3OS/c1-14(2,13)12-7-3-6(4-10)8(9)11-5-7/h3,5H,1-2H3. The van der Waals surface area contributed by atoms with E-state index in [9.17, 15) is 4.21 Å². The van der Waals surface area contributed by atoms with Crippen molar-refractivity contribution in [3.05, 3.63) is 23.0 Å². The van der Waals surface area contributed by atoms with Crippen molar-refractivity contribution in [3.63, 3.8) is 0 Å². The molecule has 1 rings (SSSR count). The van der Waals surface area contributed by atoms with Crippen molar-refractivity contribution < 1.29 is 4.21 Å². The van der Waals surface area contributed by atoms with E-state index in [2.05, 4.69) is 9.35 Å². The number of rotatable bonds is 1. The van der Waals surface area contributed by atoms with E-state index < -0.39 is 9.73 Å². The van der Waals surface area contributed by atoms with Gasteiger partial charge in [0.05, 0.1) is 17.4 Å². The van der Waals surface area contributed by atoms with E-state index in [1.807, 2.05) is 6.07 Å². The maximum absolute atomic E-state index is 11.3. The van der Waals surface area contributed by atoms with Gasteiger partial charge in [-0.1, -0.05) is 11.6 Å². The first-order chi connectivity index (χ1) is 6.42. The van der Waals surface area contributed by atoms with Crippen molar-refractivity contribution in [2.24, 2.45) is 4.36 Å². The van der Waals surface area contributed by atoms with Crippen molar-refractivity contribution in [1.82, 2.24) is 4.98 Å². The predicted octanol–water partition coefficient (Wildman–Crippen LogP) is 1.97. The quantitative estimate of drug-likeness (QED) is 0.692. The Balaban J connectivity index is 3.30. The molecule has 0 N–H and O–H groups in total. The lowest BCUT2D eigenvalue weighted by Gasteiger charge is -1.97. The Morgan fingerprint density at radius 2 is 2.29 bits per heavy atom. The summed E-state index contributed by atoms with van der Waals surface area (Å²) in [6.07, 6.45) is 4.40. The third-order valence-corrected chi connectivity index (χ3v) is 2.22. The van der Waals surface area contributed by atoms with Crippen molar-refractivity contribution >= 4 is 27.0 Å². The fourth-order valence-electron chi connectivity index (χ4n) is 0.819. The Hall–Kier alpha value is -1.12. The monoisotopic (exact) mass is 229 g/mol. The molecule has 0 aliphatic heterocycles. The SMILES string of the molecule is CS(C)(=O)=Nc1cnc(Cl)c(C#N)c1. The van der Waals surface area contributed by atoms with Crippen LogP contribution in [0.15, 0.2) is 16.6 Å². The Morgan fingerprint density at radius 3 is 2.79 bits per heavy atom. The molecule has 0 amide bonds. The van der Waals surface area contributed by atoms with Crippen LogP contribution in [0.4, 0.5) is 5.69 Å². The lowest BCUT2D eigenvalue weighted by molar-refractivity contribution is 0.684. The van der Waals surface area contributed by atoms with Crippen LogP contribution in [0, 0.1) is 11.3 Å². The van der Waals surface area contributed by atoms with Gasteiger partial charge >= 0.3 is 0 Å². The highest BCUT2D eigenvalue weighted by molar-refractivity contribution is 7.92. The molecule has 0 aliphatic rings. The minimum atomic E-state index is -2.23. The van der Waals surface area contributed by atoms with Gasteiger partial charge in [-0.15, -0.1) is 0 Å². The molecule has 1 aromatic heterocycles. The van der Waals surface area contributed by atoms with Gasteiger partial charge in [0.25, 0.3) is 0 Å². The van der Waals surface area contributed by atoms with Gasteiger partial charge in [0.2, 0.25) is 0 Å². The number of pyridine rings is 1. The van der Waals surface area contributed by atoms with E-state index in [4.69, 9.17) is 16.9 Å². The Kier molecular flexibility index (Phi) is 3.09. The molecule has 0 unspecified atom stereocenters. The van der Waals surface area contributed by atoms with Crippen LogP contribution in [-0.2, 0) is 9.73 Å². The van der Waals surface area contributed by atoms with Crippen LogP contribution in [0.1, 0.15) is 5.56 Å². The molecule has 0 spiro atoms. The van der Waals surface area contributed by atoms with E-state index in [0.29, 0.717) is 5.69 Å². The van der Waals surface area contributed by atoms with Crippen molar-refractivity contribution in [1.29, 1.82) is 5.26 Å². The number of halogens is 1. The van der Waals surface area contributed by atoms with E-state index in [1.165, 1.54) is 24.8 Å². The average Bonchev–Trinajstić information content (AvgIpc) is 2.06. The summed E-state index contributed by atoms with van der Waals surface area (Å²) in [5.41, 5.74) is 0.637. The Morgan fingerprint density at radius 1 is 1.64 bits per heavy atom. The summed E-state index contributed by atoms with van der Waals surface area (Å²) in [4.78, 5) is 3.76. The molecule has 0 bridgehead atoms.